The number of aryl methyl sites for hydroxylation is 1. The predicted molar refractivity (Wildman–Crippen MR) is 75.6 cm³/mol. The second-order valence-corrected chi connectivity index (χ2v) is 4.59. The first-order valence-corrected chi connectivity index (χ1v) is 6.28. The van der Waals surface area contributed by atoms with Crippen LogP contribution in [0.5, 0.6) is 0 Å². The molecular weight excluding hydrogens is 262 g/mol. The molecule has 1 rings (SSSR count). The molecule has 0 aliphatic carbocycles. The number of nitrogens with one attached hydrogen (secondary N) is 3. The molecule has 8 heteroatoms. The quantitative estimate of drug-likeness (QED) is 0.415. The van der Waals surface area contributed by atoms with E-state index in [1.165, 1.54) is 6.21 Å². The minimum Gasteiger partial charge on any atom is -0.320 e. The topological polar surface area (TPSA) is 133 Å². The Morgan fingerprint density at radius 3 is 2.65 bits per heavy atom. The Hall–Kier alpha value is -2.22. The van der Waals surface area contributed by atoms with Gasteiger partial charge in [0.2, 0.25) is 0 Å². The van der Waals surface area contributed by atoms with Gasteiger partial charge in [-0.15, -0.1) is 0 Å². The van der Waals surface area contributed by atoms with Crippen LogP contribution in [0.1, 0.15) is 31.5 Å². The highest BCUT2D eigenvalue weighted by molar-refractivity contribution is 5.85. The highest BCUT2D eigenvalue weighted by Gasteiger charge is 2.18. The van der Waals surface area contributed by atoms with Crippen molar-refractivity contribution in [3.05, 3.63) is 32.1 Å². The van der Waals surface area contributed by atoms with Gasteiger partial charge < -0.3 is 10.7 Å². The first kappa shape index (κ1) is 15.8. The van der Waals surface area contributed by atoms with Gasteiger partial charge in [0, 0.05) is 5.69 Å². The van der Waals surface area contributed by atoms with E-state index in [0.29, 0.717) is 5.69 Å². The molecule has 0 spiro atoms. The average Bonchev–Trinajstić information content (AvgIpc) is 2.39. The number of aromatic amines is 2. The fraction of sp³-hybridized carbons (Fsp3) is 0.500. The summed E-state index contributed by atoms with van der Waals surface area (Å²) < 4.78 is 0. The van der Waals surface area contributed by atoms with Gasteiger partial charge in [0.05, 0.1) is 17.8 Å². The number of carbonyl (C=O) groups excluding carboxylic acids is 1. The van der Waals surface area contributed by atoms with Crippen LogP contribution in [0.2, 0.25) is 0 Å². The second kappa shape index (κ2) is 6.80. The Bertz CT molecular complexity index is 616. The number of carbonyl (C=O) groups is 1. The third-order valence-corrected chi connectivity index (χ3v) is 3.10. The zero-order valence-electron chi connectivity index (χ0n) is 11.7. The van der Waals surface area contributed by atoms with E-state index in [0.717, 1.165) is 6.42 Å². The lowest BCUT2D eigenvalue weighted by molar-refractivity contribution is -0.123. The molecule has 1 aromatic rings. The van der Waals surface area contributed by atoms with Crippen molar-refractivity contribution in [2.75, 3.05) is 0 Å². The standard InChI is InChI=1S/C12H19N5O3/c1-4-6(2)9(13)11(19)17-14-5-8-7(3)15-12(20)16-10(8)18/h5-6,9H,4,13H2,1-3H3,(H,17,19)(H2,15,16,18,20)/b14-5+/t6-,9+/m1/s1. The third-order valence-electron chi connectivity index (χ3n) is 3.10. The molecule has 0 saturated carbocycles. The first-order chi connectivity index (χ1) is 9.36. The van der Waals surface area contributed by atoms with Crippen LogP contribution < -0.4 is 22.4 Å². The van der Waals surface area contributed by atoms with Crippen LogP contribution >= 0.6 is 0 Å². The summed E-state index contributed by atoms with van der Waals surface area (Å²) in [6, 6.07) is -0.660. The molecule has 0 radical (unpaired) electrons. The van der Waals surface area contributed by atoms with Crippen LogP contribution in [0.25, 0.3) is 0 Å². The molecule has 110 valence electrons. The second-order valence-electron chi connectivity index (χ2n) is 4.59. The van der Waals surface area contributed by atoms with E-state index in [1.807, 2.05) is 13.8 Å². The average molecular weight is 281 g/mol. The molecular formula is C12H19N5O3. The number of hydrazone groups is 1. The number of H-pyrrole nitrogens is 2. The molecule has 0 aromatic carbocycles. The zero-order chi connectivity index (χ0) is 15.3. The minimum atomic E-state index is -0.660. The molecule has 0 aliphatic rings. The number of hydrogen-bond acceptors (Lipinski definition) is 5. The number of aromatic nitrogens is 2. The van der Waals surface area contributed by atoms with Crippen molar-refractivity contribution in [1.29, 1.82) is 0 Å². The van der Waals surface area contributed by atoms with Crippen molar-refractivity contribution in [3.8, 4) is 0 Å². The maximum Gasteiger partial charge on any atom is 0.325 e. The number of rotatable bonds is 5. The molecule has 20 heavy (non-hydrogen) atoms. The SMILES string of the molecule is CC[C@@H](C)[C@H](N)C(=O)N/N=C/c1c(C)[nH]c(=O)[nH]c1=O. The van der Waals surface area contributed by atoms with Crippen LogP contribution in [0.15, 0.2) is 14.7 Å². The van der Waals surface area contributed by atoms with Crippen LogP contribution in [0, 0.1) is 12.8 Å². The summed E-state index contributed by atoms with van der Waals surface area (Å²) in [5, 5.41) is 3.68. The van der Waals surface area contributed by atoms with Crippen molar-refractivity contribution in [2.24, 2.45) is 16.8 Å². The first-order valence-electron chi connectivity index (χ1n) is 6.28. The summed E-state index contributed by atoms with van der Waals surface area (Å²) in [7, 11) is 0. The highest BCUT2D eigenvalue weighted by atomic mass is 16.2. The maximum absolute atomic E-state index is 11.7. The summed E-state index contributed by atoms with van der Waals surface area (Å²) in [5.41, 5.74) is 7.37. The fourth-order valence-electron chi connectivity index (χ4n) is 1.51. The number of amides is 1. The van der Waals surface area contributed by atoms with E-state index in [9.17, 15) is 14.4 Å². The van der Waals surface area contributed by atoms with Crippen molar-refractivity contribution in [2.45, 2.75) is 33.2 Å². The molecule has 0 fully saturated rings. The van der Waals surface area contributed by atoms with Crippen molar-refractivity contribution >= 4 is 12.1 Å². The molecule has 0 aliphatic heterocycles. The number of hydrogen-bond donors (Lipinski definition) is 4. The summed E-state index contributed by atoms with van der Waals surface area (Å²) in [6.45, 7) is 5.36. The predicted octanol–water partition coefficient (Wildman–Crippen LogP) is -0.805. The van der Waals surface area contributed by atoms with Gasteiger partial charge in [0.25, 0.3) is 11.5 Å². The normalized spacial score (nSPS) is 14.2. The van der Waals surface area contributed by atoms with E-state index in [4.69, 9.17) is 5.73 Å². The molecule has 5 N–H and O–H groups in total. The lowest BCUT2D eigenvalue weighted by Gasteiger charge is -2.15. The largest absolute Gasteiger partial charge is 0.325 e. The Kier molecular flexibility index (Phi) is 5.39. The Balaban J connectivity index is 2.78. The minimum absolute atomic E-state index is 0.0309. The Labute approximate surface area is 115 Å². The van der Waals surface area contributed by atoms with Crippen molar-refractivity contribution < 1.29 is 4.79 Å². The van der Waals surface area contributed by atoms with Gasteiger partial charge in [-0.05, 0) is 12.8 Å². The van der Waals surface area contributed by atoms with E-state index < -0.39 is 23.2 Å². The van der Waals surface area contributed by atoms with Gasteiger partial charge in [0.1, 0.15) is 0 Å². The van der Waals surface area contributed by atoms with E-state index in [1.54, 1.807) is 6.92 Å². The Morgan fingerprint density at radius 2 is 2.10 bits per heavy atom. The van der Waals surface area contributed by atoms with Crippen molar-refractivity contribution in [1.82, 2.24) is 15.4 Å². The molecule has 8 nitrogen and oxygen atoms in total. The van der Waals surface area contributed by atoms with Gasteiger partial charge in [-0.1, -0.05) is 20.3 Å². The molecule has 1 amide bonds. The van der Waals surface area contributed by atoms with Crippen molar-refractivity contribution in [3.63, 3.8) is 0 Å². The molecule has 0 bridgehead atoms. The van der Waals surface area contributed by atoms with Crippen LogP contribution in [0.3, 0.4) is 0 Å². The van der Waals surface area contributed by atoms with Gasteiger partial charge in [-0.2, -0.15) is 5.10 Å². The molecule has 2 atom stereocenters. The summed E-state index contributed by atoms with van der Waals surface area (Å²) in [4.78, 5) is 38.7. The molecule has 0 saturated heterocycles. The van der Waals surface area contributed by atoms with Crippen LogP contribution in [-0.4, -0.2) is 28.1 Å². The Morgan fingerprint density at radius 1 is 1.45 bits per heavy atom. The highest BCUT2D eigenvalue weighted by Crippen LogP contribution is 2.04. The summed E-state index contributed by atoms with van der Waals surface area (Å²) >= 11 is 0. The van der Waals surface area contributed by atoms with E-state index in [-0.39, 0.29) is 11.5 Å². The fourth-order valence-corrected chi connectivity index (χ4v) is 1.51. The molecule has 1 aromatic heterocycles. The smallest absolute Gasteiger partial charge is 0.320 e. The van der Waals surface area contributed by atoms with E-state index >= 15 is 0 Å². The van der Waals surface area contributed by atoms with Gasteiger partial charge in [-0.3, -0.25) is 14.6 Å². The third kappa shape index (κ3) is 3.89. The number of nitrogens with zero attached hydrogens (tertiary/aromatic N) is 1. The van der Waals surface area contributed by atoms with Gasteiger partial charge in [0.15, 0.2) is 0 Å². The van der Waals surface area contributed by atoms with Crippen LogP contribution in [0.4, 0.5) is 0 Å². The summed E-state index contributed by atoms with van der Waals surface area (Å²) in [6.07, 6.45) is 1.95. The van der Waals surface area contributed by atoms with Gasteiger partial charge in [-0.25, -0.2) is 10.2 Å². The lowest BCUT2D eigenvalue weighted by Crippen LogP contribution is -2.42. The maximum atomic E-state index is 11.7. The lowest BCUT2D eigenvalue weighted by atomic mass is 10.00. The van der Waals surface area contributed by atoms with E-state index in [2.05, 4.69) is 20.5 Å². The molecule has 0 unspecified atom stereocenters. The number of nitrogens with two attached hydrogens (primary N) is 1. The molecule has 1 heterocycles. The summed E-state index contributed by atoms with van der Waals surface area (Å²) in [5.74, 6) is -0.391. The van der Waals surface area contributed by atoms with Gasteiger partial charge >= 0.3 is 5.69 Å². The zero-order valence-corrected chi connectivity index (χ0v) is 11.7. The van der Waals surface area contributed by atoms with Crippen LogP contribution in [-0.2, 0) is 4.79 Å². The monoisotopic (exact) mass is 281 g/mol.